The zero-order valence-electron chi connectivity index (χ0n) is 15.3. The number of rotatable bonds is 7. The first-order chi connectivity index (χ1) is 11.9. The highest BCUT2D eigenvalue weighted by Gasteiger charge is 2.22. The number of hydrogen-bond acceptors (Lipinski definition) is 2. The summed E-state index contributed by atoms with van der Waals surface area (Å²) in [4.78, 5) is 12.7. The average molecular weight is 360 g/mol. The van der Waals surface area contributed by atoms with Crippen LogP contribution in [0.1, 0.15) is 49.4 Å². The van der Waals surface area contributed by atoms with Gasteiger partial charge in [0.05, 0.1) is 6.04 Å². The Kier molecular flexibility index (Phi) is 6.89. The van der Waals surface area contributed by atoms with Gasteiger partial charge in [0, 0.05) is 5.02 Å². The molecule has 2 atom stereocenters. The molecule has 0 aromatic heterocycles. The van der Waals surface area contributed by atoms with Crippen LogP contribution in [-0.4, -0.2) is 12.0 Å². The first kappa shape index (κ1) is 19.3. The summed E-state index contributed by atoms with van der Waals surface area (Å²) in [7, 11) is 0. The summed E-state index contributed by atoms with van der Waals surface area (Å²) < 4.78 is 5.84. The van der Waals surface area contributed by atoms with E-state index in [2.05, 4.69) is 44.3 Å². The number of nitrogens with one attached hydrogen (secondary N) is 1. The third-order valence-corrected chi connectivity index (χ3v) is 4.50. The fourth-order valence-electron chi connectivity index (χ4n) is 2.91. The molecule has 0 unspecified atom stereocenters. The minimum atomic E-state index is -0.543. The fraction of sp³-hybridized carbons (Fsp3) is 0.381. The summed E-state index contributed by atoms with van der Waals surface area (Å²) in [6.45, 7) is 8.16. The third kappa shape index (κ3) is 5.23. The van der Waals surface area contributed by atoms with Crippen LogP contribution in [0.15, 0.2) is 42.5 Å². The van der Waals surface area contributed by atoms with Crippen LogP contribution in [0.3, 0.4) is 0 Å². The summed E-state index contributed by atoms with van der Waals surface area (Å²) in [5, 5.41) is 3.72. The van der Waals surface area contributed by atoms with Gasteiger partial charge in [-0.25, -0.2) is 0 Å². The van der Waals surface area contributed by atoms with E-state index in [-0.39, 0.29) is 11.9 Å². The maximum atomic E-state index is 12.7. The predicted molar refractivity (Wildman–Crippen MR) is 103 cm³/mol. The standard InChI is InChI=1S/C21H26ClNO2/c1-5-19(18-11-10-14(3)12-15(18)4)23-21(24)20(6-2)25-17-9-7-8-16(22)13-17/h7-13,19-20H,5-6H2,1-4H3,(H,23,24)/t19-,20-/m0/s1. The second-order valence-electron chi connectivity index (χ2n) is 6.30. The van der Waals surface area contributed by atoms with Crippen molar-refractivity contribution in [1.29, 1.82) is 0 Å². The molecule has 0 aliphatic rings. The number of aryl methyl sites for hydroxylation is 2. The lowest BCUT2D eigenvalue weighted by atomic mass is 9.97. The lowest BCUT2D eigenvalue weighted by molar-refractivity contribution is -0.128. The molecule has 0 heterocycles. The molecule has 0 saturated carbocycles. The lowest BCUT2D eigenvalue weighted by Gasteiger charge is -2.23. The van der Waals surface area contributed by atoms with Crippen molar-refractivity contribution in [3.05, 3.63) is 64.2 Å². The smallest absolute Gasteiger partial charge is 0.261 e. The zero-order valence-corrected chi connectivity index (χ0v) is 16.1. The summed E-state index contributed by atoms with van der Waals surface area (Å²) in [6.07, 6.45) is 0.864. The van der Waals surface area contributed by atoms with Crippen molar-refractivity contribution in [2.24, 2.45) is 0 Å². The molecular weight excluding hydrogens is 334 g/mol. The summed E-state index contributed by atoms with van der Waals surface area (Å²) >= 11 is 5.99. The average Bonchev–Trinajstić information content (AvgIpc) is 2.58. The number of halogens is 1. The van der Waals surface area contributed by atoms with Crippen LogP contribution < -0.4 is 10.1 Å². The van der Waals surface area contributed by atoms with Gasteiger partial charge in [-0.15, -0.1) is 0 Å². The third-order valence-electron chi connectivity index (χ3n) is 4.26. The summed E-state index contributed by atoms with van der Waals surface area (Å²) in [5.74, 6) is 0.503. The summed E-state index contributed by atoms with van der Waals surface area (Å²) in [6, 6.07) is 13.4. The molecule has 0 fully saturated rings. The molecular formula is C21H26ClNO2. The van der Waals surface area contributed by atoms with E-state index < -0.39 is 6.10 Å². The molecule has 2 aromatic rings. The number of amides is 1. The Bertz CT molecular complexity index is 730. The second kappa shape index (κ2) is 8.91. The van der Waals surface area contributed by atoms with Gasteiger partial charge in [0.25, 0.3) is 5.91 Å². The van der Waals surface area contributed by atoms with Crippen LogP contribution >= 0.6 is 11.6 Å². The topological polar surface area (TPSA) is 38.3 Å². The van der Waals surface area contributed by atoms with E-state index in [9.17, 15) is 4.79 Å². The van der Waals surface area contributed by atoms with Crippen LogP contribution in [0, 0.1) is 13.8 Å². The minimum absolute atomic E-state index is 0.0230. The molecule has 0 radical (unpaired) electrons. The van der Waals surface area contributed by atoms with Gasteiger partial charge in [-0.2, -0.15) is 0 Å². The minimum Gasteiger partial charge on any atom is -0.481 e. The van der Waals surface area contributed by atoms with Crippen molar-refractivity contribution in [2.75, 3.05) is 0 Å². The van der Waals surface area contributed by atoms with E-state index in [0.29, 0.717) is 17.2 Å². The van der Waals surface area contributed by atoms with Gasteiger partial charge in [0.2, 0.25) is 0 Å². The molecule has 2 rings (SSSR count). The molecule has 0 aliphatic heterocycles. The van der Waals surface area contributed by atoms with Gasteiger partial charge in [-0.05, 0) is 56.0 Å². The van der Waals surface area contributed by atoms with Crippen LogP contribution in [-0.2, 0) is 4.79 Å². The molecule has 4 heteroatoms. The van der Waals surface area contributed by atoms with Crippen LogP contribution in [0.2, 0.25) is 5.02 Å². The molecule has 0 bridgehead atoms. The molecule has 3 nitrogen and oxygen atoms in total. The molecule has 0 spiro atoms. The van der Waals surface area contributed by atoms with E-state index in [0.717, 1.165) is 12.0 Å². The van der Waals surface area contributed by atoms with Gasteiger partial charge in [-0.1, -0.05) is 55.3 Å². The van der Waals surface area contributed by atoms with Gasteiger partial charge in [0.15, 0.2) is 6.10 Å². The largest absolute Gasteiger partial charge is 0.481 e. The zero-order chi connectivity index (χ0) is 18.4. The van der Waals surface area contributed by atoms with Crippen molar-refractivity contribution >= 4 is 17.5 Å². The van der Waals surface area contributed by atoms with Crippen molar-refractivity contribution in [1.82, 2.24) is 5.32 Å². The SMILES string of the molecule is CC[C@H](Oc1cccc(Cl)c1)C(=O)N[C@@H](CC)c1ccc(C)cc1C. The van der Waals surface area contributed by atoms with E-state index in [1.807, 2.05) is 19.1 Å². The van der Waals surface area contributed by atoms with Crippen molar-refractivity contribution in [3.8, 4) is 5.75 Å². The van der Waals surface area contributed by atoms with E-state index in [1.165, 1.54) is 11.1 Å². The Balaban J connectivity index is 2.11. The monoisotopic (exact) mass is 359 g/mol. The first-order valence-electron chi connectivity index (χ1n) is 8.74. The molecule has 134 valence electrons. The maximum Gasteiger partial charge on any atom is 0.261 e. The lowest BCUT2D eigenvalue weighted by Crippen LogP contribution is -2.40. The van der Waals surface area contributed by atoms with Crippen molar-refractivity contribution < 1.29 is 9.53 Å². The van der Waals surface area contributed by atoms with Gasteiger partial charge < -0.3 is 10.1 Å². The van der Waals surface area contributed by atoms with E-state index in [1.54, 1.807) is 12.1 Å². The number of hydrogen-bond donors (Lipinski definition) is 1. The number of carbonyl (C=O) groups excluding carboxylic acids is 1. The van der Waals surface area contributed by atoms with Gasteiger partial charge in [-0.3, -0.25) is 4.79 Å². The summed E-state index contributed by atoms with van der Waals surface area (Å²) in [5.41, 5.74) is 3.56. The normalized spacial score (nSPS) is 13.2. The molecule has 0 aliphatic carbocycles. The Labute approximate surface area is 155 Å². The highest BCUT2D eigenvalue weighted by atomic mass is 35.5. The highest BCUT2D eigenvalue weighted by molar-refractivity contribution is 6.30. The molecule has 1 amide bonds. The Morgan fingerprint density at radius 3 is 2.48 bits per heavy atom. The molecule has 25 heavy (non-hydrogen) atoms. The molecule has 1 N–H and O–H groups in total. The number of ether oxygens (including phenoxy) is 1. The Morgan fingerprint density at radius 2 is 1.88 bits per heavy atom. The number of carbonyl (C=O) groups is 1. The Hall–Kier alpha value is -2.00. The molecule has 0 saturated heterocycles. The van der Waals surface area contributed by atoms with Gasteiger partial charge >= 0.3 is 0 Å². The quantitative estimate of drug-likeness (QED) is 0.720. The second-order valence-corrected chi connectivity index (χ2v) is 6.74. The van der Waals surface area contributed by atoms with Crippen molar-refractivity contribution in [3.63, 3.8) is 0 Å². The van der Waals surface area contributed by atoms with Crippen LogP contribution in [0.4, 0.5) is 0 Å². The predicted octanol–water partition coefficient (Wildman–Crippen LogP) is 5.38. The van der Waals surface area contributed by atoms with Crippen LogP contribution in [0.5, 0.6) is 5.75 Å². The van der Waals surface area contributed by atoms with E-state index in [4.69, 9.17) is 16.3 Å². The van der Waals surface area contributed by atoms with E-state index >= 15 is 0 Å². The Morgan fingerprint density at radius 1 is 1.12 bits per heavy atom. The number of benzene rings is 2. The highest BCUT2D eigenvalue weighted by Crippen LogP contribution is 2.23. The maximum absolute atomic E-state index is 12.7. The van der Waals surface area contributed by atoms with Crippen molar-refractivity contribution in [2.45, 2.75) is 52.7 Å². The fourth-order valence-corrected chi connectivity index (χ4v) is 3.09. The first-order valence-corrected chi connectivity index (χ1v) is 9.12. The molecule has 2 aromatic carbocycles. The van der Waals surface area contributed by atoms with Crippen LogP contribution in [0.25, 0.3) is 0 Å². The van der Waals surface area contributed by atoms with Gasteiger partial charge in [0.1, 0.15) is 5.75 Å².